The molecule has 1 aromatic rings. The van der Waals surface area contributed by atoms with Crippen LogP contribution in [0.5, 0.6) is 0 Å². The number of pyridine rings is 1. The van der Waals surface area contributed by atoms with E-state index in [1.807, 2.05) is 4.98 Å². The largest absolute Gasteiger partial charge is 0.462 e. The van der Waals surface area contributed by atoms with Crippen molar-refractivity contribution in [2.75, 3.05) is 12.3 Å². The number of H-pyrrole nitrogens is 1. The summed E-state index contributed by atoms with van der Waals surface area (Å²) in [6.07, 6.45) is -2.86. The maximum absolute atomic E-state index is 12.3. The summed E-state index contributed by atoms with van der Waals surface area (Å²) in [6.45, 7) is 1.62. The molecular weight excluding hydrogens is 222 g/mol. The highest BCUT2D eigenvalue weighted by molar-refractivity contribution is 5.94. The number of rotatable bonds is 3. The van der Waals surface area contributed by atoms with Gasteiger partial charge in [-0.25, -0.2) is 13.6 Å². The first-order valence-electron chi connectivity index (χ1n) is 4.45. The van der Waals surface area contributed by atoms with E-state index in [1.54, 1.807) is 6.92 Å². The molecule has 0 atom stereocenters. The van der Waals surface area contributed by atoms with Crippen LogP contribution in [-0.4, -0.2) is 17.6 Å². The molecule has 0 amide bonds. The van der Waals surface area contributed by atoms with Gasteiger partial charge in [0.15, 0.2) is 0 Å². The van der Waals surface area contributed by atoms with Crippen molar-refractivity contribution >= 4 is 11.7 Å². The number of esters is 1. The highest BCUT2D eigenvalue weighted by atomic mass is 19.3. The number of alkyl halides is 2. The van der Waals surface area contributed by atoms with Gasteiger partial charge in [-0.3, -0.25) is 4.79 Å². The number of carbonyl (C=O) groups is 1. The fraction of sp³-hybridized carbons (Fsp3) is 0.333. The normalized spacial score (nSPS) is 10.5. The third-order valence-corrected chi connectivity index (χ3v) is 1.80. The van der Waals surface area contributed by atoms with E-state index < -0.39 is 29.2 Å². The van der Waals surface area contributed by atoms with Gasteiger partial charge in [0.25, 0.3) is 12.0 Å². The van der Waals surface area contributed by atoms with Crippen LogP contribution >= 0.6 is 0 Å². The van der Waals surface area contributed by atoms with Gasteiger partial charge in [0, 0.05) is 0 Å². The number of hydrogen-bond donors (Lipinski definition) is 2. The van der Waals surface area contributed by atoms with Gasteiger partial charge in [-0.05, 0) is 13.0 Å². The van der Waals surface area contributed by atoms with E-state index in [0.29, 0.717) is 0 Å². The predicted molar refractivity (Wildman–Crippen MR) is 52.4 cm³/mol. The van der Waals surface area contributed by atoms with Crippen LogP contribution in [0.15, 0.2) is 10.9 Å². The molecular formula is C9H10F2N2O3. The number of aromatic nitrogens is 1. The molecule has 0 saturated heterocycles. The molecule has 0 aromatic carbocycles. The minimum atomic E-state index is -2.86. The molecule has 7 heteroatoms. The third kappa shape index (κ3) is 2.36. The zero-order chi connectivity index (χ0) is 12.3. The van der Waals surface area contributed by atoms with Crippen LogP contribution in [0.2, 0.25) is 0 Å². The minimum Gasteiger partial charge on any atom is -0.462 e. The summed E-state index contributed by atoms with van der Waals surface area (Å²) < 4.78 is 29.1. The molecule has 0 spiro atoms. The average Bonchev–Trinajstić information content (AvgIpc) is 2.16. The number of ether oxygens (including phenoxy) is 1. The quantitative estimate of drug-likeness (QED) is 0.763. The lowest BCUT2D eigenvalue weighted by Gasteiger charge is -2.06. The second-order valence-corrected chi connectivity index (χ2v) is 2.91. The summed E-state index contributed by atoms with van der Waals surface area (Å²) in [5.74, 6) is -0.929. The van der Waals surface area contributed by atoms with E-state index in [9.17, 15) is 18.4 Å². The highest BCUT2D eigenvalue weighted by Crippen LogP contribution is 2.18. The summed E-state index contributed by atoms with van der Waals surface area (Å²) in [7, 11) is 0. The Morgan fingerprint density at radius 2 is 2.25 bits per heavy atom. The molecule has 1 heterocycles. The van der Waals surface area contributed by atoms with Crippen molar-refractivity contribution in [1.29, 1.82) is 0 Å². The third-order valence-electron chi connectivity index (χ3n) is 1.80. The Labute approximate surface area is 89.2 Å². The van der Waals surface area contributed by atoms with E-state index >= 15 is 0 Å². The van der Waals surface area contributed by atoms with Crippen molar-refractivity contribution in [3.8, 4) is 0 Å². The zero-order valence-corrected chi connectivity index (χ0v) is 8.42. The number of anilines is 1. The molecule has 0 radical (unpaired) electrons. The van der Waals surface area contributed by atoms with Crippen molar-refractivity contribution in [2.45, 2.75) is 13.3 Å². The Hall–Kier alpha value is -1.92. The molecule has 88 valence electrons. The topological polar surface area (TPSA) is 85.2 Å². The van der Waals surface area contributed by atoms with Gasteiger partial charge in [0.2, 0.25) is 0 Å². The summed E-state index contributed by atoms with van der Waals surface area (Å²) in [5, 5.41) is 0. The molecule has 0 unspecified atom stereocenters. The second-order valence-electron chi connectivity index (χ2n) is 2.91. The van der Waals surface area contributed by atoms with Crippen molar-refractivity contribution in [2.24, 2.45) is 0 Å². The second kappa shape index (κ2) is 4.73. The molecule has 0 aliphatic carbocycles. The Bertz CT molecular complexity index is 457. The number of nitrogens with two attached hydrogens (primary N) is 1. The van der Waals surface area contributed by atoms with E-state index in [4.69, 9.17) is 5.73 Å². The smallest absolute Gasteiger partial charge is 0.345 e. The molecule has 0 fully saturated rings. The van der Waals surface area contributed by atoms with Crippen LogP contribution < -0.4 is 11.3 Å². The first kappa shape index (κ1) is 12.2. The van der Waals surface area contributed by atoms with Gasteiger partial charge in [0.05, 0.1) is 18.0 Å². The number of carbonyl (C=O) groups excluding carboxylic acids is 1. The lowest BCUT2D eigenvalue weighted by Crippen LogP contribution is -2.23. The lowest BCUT2D eigenvalue weighted by molar-refractivity contribution is 0.0525. The maximum atomic E-state index is 12.3. The Morgan fingerprint density at radius 3 is 2.69 bits per heavy atom. The summed E-state index contributed by atoms with van der Waals surface area (Å²) in [4.78, 5) is 24.4. The van der Waals surface area contributed by atoms with Crippen LogP contribution in [0.4, 0.5) is 14.5 Å². The standard InChI is InChI=1S/C9H10F2N2O3/c1-2-16-9(15)6-4(12)3-5(7(10)11)13-8(6)14/h3,7H,2H2,1H3,(H3,12,13,14). The van der Waals surface area contributed by atoms with E-state index in [0.717, 1.165) is 6.07 Å². The summed E-state index contributed by atoms with van der Waals surface area (Å²) >= 11 is 0. The average molecular weight is 232 g/mol. The summed E-state index contributed by atoms with van der Waals surface area (Å²) in [6, 6.07) is 0.846. The molecule has 1 aromatic heterocycles. The zero-order valence-electron chi connectivity index (χ0n) is 8.42. The van der Waals surface area contributed by atoms with Crippen LogP contribution in [0.1, 0.15) is 29.4 Å². The van der Waals surface area contributed by atoms with Gasteiger partial charge < -0.3 is 15.5 Å². The molecule has 5 nitrogen and oxygen atoms in total. The fourth-order valence-electron chi connectivity index (χ4n) is 1.13. The number of aromatic amines is 1. The Balaban J connectivity index is 3.23. The predicted octanol–water partition coefficient (Wildman–Crippen LogP) is 1.07. The van der Waals surface area contributed by atoms with Crippen LogP contribution in [0.25, 0.3) is 0 Å². The van der Waals surface area contributed by atoms with Crippen molar-refractivity contribution in [3.63, 3.8) is 0 Å². The molecule has 0 aliphatic rings. The van der Waals surface area contributed by atoms with Gasteiger partial charge in [0.1, 0.15) is 5.56 Å². The van der Waals surface area contributed by atoms with Crippen LogP contribution in [0.3, 0.4) is 0 Å². The van der Waals surface area contributed by atoms with E-state index in [2.05, 4.69) is 4.74 Å². The van der Waals surface area contributed by atoms with Gasteiger partial charge in [-0.15, -0.1) is 0 Å². The monoisotopic (exact) mass is 232 g/mol. The van der Waals surface area contributed by atoms with E-state index in [-0.39, 0.29) is 12.3 Å². The first-order valence-corrected chi connectivity index (χ1v) is 4.45. The summed E-state index contributed by atoms with van der Waals surface area (Å²) in [5.41, 5.74) is 2.96. The Morgan fingerprint density at radius 1 is 1.62 bits per heavy atom. The first-order chi connectivity index (χ1) is 7.47. The van der Waals surface area contributed by atoms with Crippen molar-refractivity contribution in [1.82, 2.24) is 4.98 Å². The van der Waals surface area contributed by atoms with Gasteiger partial charge in [-0.2, -0.15) is 0 Å². The molecule has 0 aliphatic heterocycles. The lowest BCUT2D eigenvalue weighted by atomic mass is 10.2. The highest BCUT2D eigenvalue weighted by Gasteiger charge is 2.19. The minimum absolute atomic E-state index is 0.0638. The Kier molecular flexibility index (Phi) is 3.60. The number of hydrogen-bond acceptors (Lipinski definition) is 4. The van der Waals surface area contributed by atoms with Crippen LogP contribution in [0, 0.1) is 0 Å². The number of halogens is 2. The number of nitrogen functional groups attached to an aromatic ring is 1. The fourth-order valence-corrected chi connectivity index (χ4v) is 1.13. The van der Waals surface area contributed by atoms with Crippen molar-refractivity contribution in [3.05, 3.63) is 27.7 Å². The molecule has 16 heavy (non-hydrogen) atoms. The molecule has 0 bridgehead atoms. The maximum Gasteiger partial charge on any atom is 0.345 e. The number of nitrogens with one attached hydrogen (secondary N) is 1. The molecule has 0 saturated carbocycles. The SMILES string of the molecule is CCOC(=O)c1c(N)cc(C(F)F)[nH]c1=O. The van der Waals surface area contributed by atoms with Gasteiger partial charge >= 0.3 is 5.97 Å². The molecule has 1 rings (SSSR count). The van der Waals surface area contributed by atoms with Crippen LogP contribution in [-0.2, 0) is 4.74 Å². The van der Waals surface area contributed by atoms with Gasteiger partial charge in [-0.1, -0.05) is 0 Å². The molecule has 3 N–H and O–H groups in total. The van der Waals surface area contributed by atoms with E-state index in [1.165, 1.54) is 0 Å². The van der Waals surface area contributed by atoms with Crippen molar-refractivity contribution < 1.29 is 18.3 Å².